The number of anilines is 2. The molecule has 3 aromatic rings. The van der Waals surface area contributed by atoms with Crippen LogP contribution in [0.15, 0.2) is 42.5 Å². The van der Waals surface area contributed by atoms with Crippen LogP contribution < -0.4 is 15.4 Å². The third kappa shape index (κ3) is 4.37. The molecule has 3 rings (SSSR count). The van der Waals surface area contributed by atoms with Crippen LogP contribution in [0.3, 0.4) is 0 Å². The second kappa shape index (κ2) is 7.95. The van der Waals surface area contributed by atoms with Gasteiger partial charge in [-0.15, -0.1) is 0 Å². The van der Waals surface area contributed by atoms with Gasteiger partial charge in [0.25, 0.3) is 0 Å². The Morgan fingerprint density at radius 1 is 0.929 bits per heavy atom. The topological polar surface area (TPSA) is 76.1 Å². The van der Waals surface area contributed by atoms with Crippen molar-refractivity contribution in [3.63, 3.8) is 0 Å². The average Bonchev–Trinajstić information content (AvgIpc) is 2.63. The van der Waals surface area contributed by atoms with Crippen molar-refractivity contribution in [2.75, 3.05) is 10.6 Å². The summed E-state index contributed by atoms with van der Waals surface area (Å²) < 4.78 is 45.6. The SMILES string of the molecule is Cc1nc(Oc2ccccc2F)nc(C)c1NC(=O)Nc1ccc(F)cc1F. The first-order chi connectivity index (χ1) is 13.3. The molecule has 0 radical (unpaired) electrons. The second-order valence-corrected chi connectivity index (χ2v) is 5.79. The maximum atomic E-state index is 13.7. The van der Waals surface area contributed by atoms with Crippen molar-refractivity contribution in [1.29, 1.82) is 0 Å². The maximum Gasteiger partial charge on any atom is 0.323 e. The molecule has 144 valence electrons. The van der Waals surface area contributed by atoms with Gasteiger partial charge >= 0.3 is 12.0 Å². The third-order valence-electron chi connectivity index (χ3n) is 3.71. The van der Waals surface area contributed by atoms with E-state index in [9.17, 15) is 18.0 Å². The molecule has 1 heterocycles. The van der Waals surface area contributed by atoms with Gasteiger partial charge in [0.1, 0.15) is 11.6 Å². The van der Waals surface area contributed by atoms with E-state index < -0.39 is 23.5 Å². The quantitative estimate of drug-likeness (QED) is 0.663. The number of benzene rings is 2. The van der Waals surface area contributed by atoms with E-state index in [4.69, 9.17) is 4.74 Å². The van der Waals surface area contributed by atoms with Crippen molar-refractivity contribution in [3.8, 4) is 11.8 Å². The number of hydrogen-bond donors (Lipinski definition) is 2. The smallest absolute Gasteiger partial charge is 0.323 e. The molecule has 1 aromatic heterocycles. The van der Waals surface area contributed by atoms with Crippen LogP contribution in [0.25, 0.3) is 0 Å². The first-order valence-corrected chi connectivity index (χ1v) is 8.14. The highest BCUT2D eigenvalue weighted by Crippen LogP contribution is 2.25. The minimum atomic E-state index is -0.909. The minimum Gasteiger partial charge on any atom is -0.421 e. The fourth-order valence-corrected chi connectivity index (χ4v) is 2.40. The van der Waals surface area contributed by atoms with Gasteiger partial charge in [-0.1, -0.05) is 12.1 Å². The van der Waals surface area contributed by atoms with Gasteiger partial charge < -0.3 is 15.4 Å². The number of carbonyl (C=O) groups is 1. The predicted octanol–water partition coefficient (Wildman–Crippen LogP) is 4.95. The number of carbonyl (C=O) groups excluding carboxylic acids is 1. The molecule has 0 aliphatic carbocycles. The first kappa shape index (κ1) is 19.2. The Hall–Kier alpha value is -3.62. The van der Waals surface area contributed by atoms with Gasteiger partial charge in [-0.2, -0.15) is 9.97 Å². The number of hydrogen-bond acceptors (Lipinski definition) is 4. The third-order valence-corrected chi connectivity index (χ3v) is 3.71. The molecule has 0 unspecified atom stereocenters. The predicted molar refractivity (Wildman–Crippen MR) is 97.0 cm³/mol. The Kier molecular flexibility index (Phi) is 5.44. The fourth-order valence-electron chi connectivity index (χ4n) is 2.40. The van der Waals surface area contributed by atoms with Crippen LogP contribution in [0.2, 0.25) is 0 Å². The Bertz CT molecular complexity index is 1020. The highest BCUT2D eigenvalue weighted by atomic mass is 19.1. The number of urea groups is 1. The molecular weight excluding hydrogens is 373 g/mol. The van der Waals surface area contributed by atoms with Crippen molar-refractivity contribution >= 4 is 17.4 Å². The summed E-state index contributed by atoms with van der Waals surface area (Å²) in [6, 6.07) is 7.73. The molecule has 9 heteroatoms. The number of nitrogens with zero attached hydrogens (tertiary/aromatic N) is 2. The highest BCUT2D eigenvalue weighted by molar-refractivity contribution is 6.00. The van der Waals surface area contributed by atoms with E-state index in [2.05, 4.69) is 20.6 Å². The zero-order valence-electron chi connectivity index (χ0n) is 14.9. The van der Waals surface area contributed by atoms with Gasteiger partial charge in [-0.25, -0.2) is 18.0 Å². The number of nitrogens with one attached hydrogen (secondary N) is 2. The lowest BCUT2D eigenvalue weighted by atomic mass is 10.3. The summed E-state index contributed by atoms with van der Waals surface area (Å²) in [5, 5.41) is 4.78. The molecule has 0 saturated heterocycles. The normalized spacial score (nSPS) is 10.5. The summed E-state index contributed by atoms with van der Waals surface area (Å²) in [7, 11) is 0. The van der Waals surface area contributed by atoms with Crippen LogP contribution in [0.5, 0.6) is 11.8 Å². The Balaban J connectivity index is 1.75. The molecule has 0 atom stereocenters. The van der Waals surface area contributed by atoms with Gasteiger partial charge in [-0.3, -0.25) is 0 Å². The van der Waals surface area contributed by atoms with Crippen molar-refractivity contribution in [2.24, 2.45) is 0 Å². The van der Waals surface area contributed by atoms with Crippen LogP contribution in [-0.2, 0) is 0 Å². The molecule has 0 spiro atoms. The Labute approximate surface area is 158 Å². The number of amides is 2. The van der Waals surface area contributed by atoms with E-state index in [-0.39, 0.29) is 23.1 Å². The summed E-state index contributed by atoms with van der Waals surface area (Å²) in [5.41, 5.74) is 0.803. The van der Waals surface area contributed by atoms with Crippen molar-refractivity contribution < 1.29 is 22.7 Å². The maximum absolute atomic E-state index is 13.7. The summed E-state index contributed by atoms with van der Waals surface area (Å²) >= 11 is 0. The lowest BCUT2D eigenvalue weighted by Gasteiger charge is -2.13. The van der Waals surface area contributed by atoms with Gasteiger partial charge in [0.2, 0.25) is 0 Å². The Morgan fingerprint density at radius 3 is 2.25 bits per heavy atom. The van der Waals surface area contributed by atoms with E-state index in [0.29, 0.717) is 17.5 Å². The van der Waals surface area contributed by atoms with Crippen LogP contribution in [0.4, 0.5) is 29.3 Å². The lowest BCUT2D eigenvalue weighted by molar-refractivity contribution is 0.262. The second-order valence-electron chi connectivity index (χ2n) is 5.79. The van der Waals surface area contributed by atoms with Crippen LogP contribution >= 0.6 is 0 Å². The van der Waals surface area contributed by atoms with Crippen LogP contribution in [0, 0.1) is 31.3 Å². The van der Waals surface area contributed by atoms with Gasteiger partial charge in [0.05, 0.1) is 22.8 Å². The molecule has 2 N–H and O–H groups in total. The average molecular weight is 388 g/mol. The summed E-state index contributed by atoms with van der Waals surface area (Å²) in [4.78, 5) is 20.3. The number of para-hydroxylation sites is 1. The molecule has 0 saturated carbocycles. The van der Waals surface area contributed by atoms with Gasteiger partial charge in [-0.05, 0) is 38.1 Å². The zero-order valence-corrected chi connectivity index (χ0v) is 14.9. The van der Waals surface area contributed by atoms with Gasteiger partial charge in [0.15, 0.2) is 11.6 Å². The molecule has 6 nitrogen and oxygen atoms in total. The molecule has 2 aromatic carbocycles. The van der Waals surface area contributed by atoms with E-state index in [1.54, 1.807) is 19.9 Å². The van der Waals surface area contributed by atoms with Crippen molar-refractivity contribution in [1.82, 2.24) is 9.97 Å². The largest absolute Gasteiger partial charge is 0.421 e. The lowest BCUT2D eigenvalue weighted by Crippen LogP contribution is -2.22. The van der Waals surface area contributed by atoms with Crippen molar-refractivity contribution in [3.05, 3.63) is 71.3 Å². The number of halogens is 3. The molecule has 0 fully saturated rings. The summed E-state index contributed by atoms with van der Waals surface area (Å²) in [6.45, 7) is 3.19. The molecule has 0 aliphatic rings. The standard InChI is InChI=1S/C19H15F3N4O2/c1-10-17(26-18(27)25-15-8-7-12(20)9-14(15)22)11(2)24-19(23-10)28-16-6-4-3-5-13(16)21/h3-9H,1-2H3,(H2,25,26,27). The number of rotatable bonds is 4. The van der Waals surface area contributed by atoms with E-state index in [0.717, 1.165) is 12.1 Å². The number of aromatic nitrogens is 2. The fraction of sp³-hybridized carbons (Fsp3) is 0.105. The summed E-state index contributed by atoms with van der Waals surface area (Å²) in [5.74, 6) is -2.27. The van der Waals surface area contributed by atoms with E-state index in [1.807, 2.05) is 0 Å². The monoisotopic (exact) mass is 388 g/mol. The Morgan fingerprint density at radius 2 is 1.61 bits per heavy atom. The first-order valence-electron chi connectivity index (χ1n) is 8.14. The zero-order chi connectivity index (χ0) is 20.3. The van der Waals surface area contributed by atoms with Gasteiger partial charge in [0, 0.05) is 6.07 Å². The molecule has 28 heavy (non-hydrogen) atoms. The summed E-state index contributed by atoms with van der Waals surface area (Å²) in [6.07, 6.45) is 0. The van der Waals surface area contributed by atoms with Crippen molar-refractivity contribution in [2.45, 2.75) is 13.8 Å². The molecule has 2 amide bonds. The minimum absolute atomic E-state index is 0.0356. The van der Waals surface area contributed by atoms with E-state index >= 15 is 0 Å². The number of ether oxygens (including phenoxy) is 1. The highest BCUT2D eigenvalue weighted by Gasteiger charge is 2.15. The van der Waals surface area contributed by atoms with E-state index in [1.165, 1.54) is 18.2 Å². The molecular formula is C19H15F3N4O2. The van der Waals surface area contributed by atoms with Crippen LogP contribution in [-0.4, -0.2) is 16.0 Å². The number of aryl methyl sites for hydroxylation is 2. The molecule has 0 bridgehead atoms. The van der Waals surface area contributed by atoms with Crippen LogP contribution in [0.1, 0.15) is 11.4 Å². The molecule has 0 aliphatic heterocycles.